The first kappa shape index (κ1) is 21.5. The van der Waals surface area contributed by atoms with E-state index in [-0.39, 0.29) is 26.9 Å². The van der Waals surface area contributed by atoms with Crippen LogP contribution in [0.2, 0.25) is 10.0 Å². The quantitative estimate of drug-likeness (QED) is 0.373. The highest BCUT2D eigenvalue weighted by molar-refractivity contribution is 6.40. The fraction of sp³-hybridized carbons (Fsp3) is 0.0435. The number of carbonyl (C=O) groups excluding carboxylic acids is 1. The molecule has 0 saturated heterocycles. The number of anilines is 1. The lowest BCUT2D eigenvalue weighted by atomic mass is 10.1. The predicted molar refractivity (Wildman–Crippen MR) is 122 cm³/mol. The van der Waals surface area contributed by atoms with Crippen LogP contribution in [-0.4, -0.2) is 27.0 Å². The van der Waals surface area contributed by atoms with Crippen molar-refractivity contribution >= 4 is 51.7 Å². The van der Waals surface area contributed by atoms with Gasteiger partial charge >= 0.3 is 5.97 Å². The number of fused-ring (bicyclic) bond motifs is 1. The Labute approximate surface area is 192 Å². The fourth-order valence-electron chi connectivity index (χ4n) is 3.14. The van der Waals surface area contributed by atoms with Crippen LogP contribution in [0.25, 0.3) is 10.9 Å². The van der Waals surface area contributed by atoms with Crippen molar-refractivity contribution in [2.45, 2.75) is 6.92 Å². The monoisotopic (exact) mass is 467 g/mol. The van der Waals surface area contributed by atoms with Crippen LogP contribution >= 0.6 is 23.2 Å². The van der Waals surface area contributed by atoms with Gasteiger partial charge in [-0.25, -0.2) is 4.79 Å². The first-order valence-corrected chi connectivity index (χ1v) is 10.1. The molecule has 9 heteroatoms. The van der Waals surface area contributed by atoms with Crippen molar-refractivity contribution in [2.24, 2.45) is 0 Å². The molecular weight excluding hydrogens is 453 g/mol. The summed E-state index contributed by atoms with van der Waals surface area (Å²) in [6.07, 6.45) is 4.26. The van der Waals surface area contributed by atoms with Crippen LogP contribution in [0.1, 0.15) is 26.3 Å². The van der Waals surface area contributed by atoms with Crippen LogP contribution in [0.15, 0.2) is 61.1 Å². The third kappa shape index (κ3) is 4.21. The van der Waals surface area contributed by atoms with Gasteiger partial charge in [0.1, 0.15) is 11.5 Å². The number of aryl methyl sites for hydroxylation is 1. The molecule has 1 amide bonds. The summed E-state index contributed by atoms with van der Waals surface area (Å²) in [4.78, 5) is 32.4. The maximum atomic E-state index is 12.8. The van der Waals surface area contributed by atoms with E-state index in [0.29, 0.717) is 22.3 Å². The number of aromatic nitrogens is 2. The highest BCUT2D eigenvalue weighted by atomic mass is 35.5. The number of carbonyl (C=O) groups is 2. The molecule has 0 aliphatic heterocycles. The average Bonchev–Trinajstić information content (AvgIpc) is 2.76. The summed E-state index contributed by atoms with van der Waals surface area (Å²) in [5.74, 6) is -0.859. The molecule has 0 aliphatic carbocycles. The summed E-state index contributed by atoms with van der Waals surface area (Å²) < 4.78 is 5.98. The number of ether oxygens (including phenoxy) is 1. The van der Waals surface area contributed by atoms with Gasteiger partial charge in [0, 0.05) is 23.3 Å². The summed E-state index contributed by atoms with van der Waals surface area (Å²) in [7, 11) is 0. The molecule has 0 saturated carbocycles. The van der Waals surface area contributed by atoms with E-state index < -0.39 is 11.9 Å². The summed E-state index contributed by atoms with van der Waals surface area (Å²) in [5.41, 5.74) is 1.80. The van der Waals surface area contributed by atoms with Crippen molar-refractivity contribution in [3.05, 3.63) is 87.8 Å². The van der Waals surface area contributed by atoms with Crippen molar-refractivity contribution in [3.8, 4) is 11.5 Å². The molecule has 2 aromatic heterocycles. The van der Waals surface area contributed by atoms with Crippen LogP contribution in [0.4, 0.5) is 5.69 Å². The maximum absolute atomic E-state index is 12.8. The molecule has 0 unspecified atom stereocenters. The third-order valence-electron chi connectivity index (χ3n) is 4.64. The predicted octanol–water partition coefficient (Wildman–Crippen LogP) is 5.99. The SMILES string of the molecule is Cc1cnc2c(NC(=O)c3c(Cl)cccc3Cl)cccc2c1Oc1cncc(C(=O)O)c1. The number of nitrogens with one attached hydrogen (secondary N) is 1. The summed E-state index contributed by atoms with van der Waals surface area (Å²) in [6.45, 7) is 1.81. The van der Waals surface area contributed by atoms with Gasteiger partial charge in [0.2, 0.25) is 0 Å². The molecule has 2 heterocycles. The molecule has 2 N–H and O–H groups in total. The second-order valence-corrected chi connectivity index (χ2v) is 7.65. The number of rotatable bonds is 5. The second-order valence-electron chi connectivity index (χ2n) is 6.84. The van der Waals surface area contributed by atoms with Crippen molar-refractivity contribution < 1.29 is 19.4 Å². The number of hydrogen-bond donors (Lipinski definition) is 2. The number of carboxylic acids is 1. The molecular formula is C23H15Cl2N3O4. The number of pyridine rings is 2. The van der Waals surface area contributed by atoms with E-state index in [9.17, 15) is 14.7 Å². The minimum absolute atomic E-state index is 0.00286. The van der Waals surface area contributed by atoms with Crippen LogP contribution in [0, 0.1) is 6.92 Å². The van der Waals surface area contributed by atoms with Crippen molar-refractivity contribution in [1.29, 1.82) is 0 Å². The number of nitrogens with zero attached hydrogens (tertiary/aromatic N) is 2. The van der Waals surface area contributed by atoms with Crippen molar-refractivity contribution in [2.75, 3.05) is 5.32 Å². The number of carboxylic acid groups (broad SMARTS) is 1. The topological polar surface area (TPSA) is 101 Å². The zero-order valence-corrected chi connectivity index (χ0v) is 18.1. The molecule has 0 aliphatic rings. The number of benzene rings is 2. The Morgan fingerprint density at radius 3 is 2.47 bits per heavy atom. The molecule has 4 rings (SSSR count). The molecule has 32 heavy (non-hydrogen) atoms. The van der Waals surface area contributed by atoms with Crippen LogP contribution in [-0.2, 0) is 0 Å². The van der Waals surface area contributed by atoms with Crippen LogP contribution in [0.5, 0.6) is 11.5 Å². The Hall–Kier alpha value is -3.68. The standard InChI is InChI=1S/C23H15Cl2N3O4/c1-12-9-27-20-15(21(12)32-14-8-13(23(30)31)10-26-11-14)4-2-7-18(20)28-22(29)19-16(24)5-3-6-17(19)25/h2-11H,1H3,(H,28,29)(H,30,31). The first-order valence-electron chi connectivity index (χ1n) is 9.35. The number of amides is 1. The Morgan fingerprint density at radius 2 is 1.75 bits per heavy atom. The number of hydrogen-bond acceptors (Lipinski definition) is 5. The van der Waals surface area contributed by atoms with Gasteiger partial charge in [-0.2, -0.15) is 0 Å². The van der Waals surface area contributed by atoms with Crippen LogP contribution in [0.3, 0.4) is 0 Å². The van der Waals surface area contributed by atoms with Gasteiger partial charge in [0.25, 0.3) is 5.91 Å². The van der Waals surface area contributed by atoms with E-state index in [1.807, 2.05) is 6.92 Å². The number of aromatic carboxylic acids is 1. The van der Waals surface area contributed by atoms with E-state index in [1.165, 1.54) is 18.5 Å². The van der Waals surface area contributed by atoms with Gasteiger partial charge in [-0.3, -0.25) is 14.8 Å². The summed E-state index contributed by atoms with van der Waals surface area (Å²) in [6, 6.07) is 11.4. The van der Waals surface area contributed by atoms with Gasteiger partial charge in [0.05, 0.1) is 38.6 Å². The molecule has 0 radical (unpaired) electrons. The van der Waals surface area contributed by atoms with E-state index in [2.05, 4.69) is 15.3 Å². The largest absolute Gasteiger partial charge is 0.478 e. The highest BCUT2D eigenvalue weighted by Gasteiger charge is 2.18. The minimum Gasteiger partial charge on any atom is -0.478 e. The zero-order valence-electron chi connectivity index (χ0n) is 16.6. The first-order chi connectivity index (χ1) is 15.3. The Balaban J connectivity index is 1.74. The highest BCUT2D eigenvalue weighted by Crippen LogP contribution is 2.35. The summed E-state index contributed by atoms with van der Waals surface area (Å²) in [5, 5.41) is 13.1. The average molecular weight is 468 g/mol. The molecule has 0 spiro atoms. The zero-order chi connectivity index (χ0) is 22.8. The Bertz CT molecular complexity index is 1350. The third-order valence-corrected chi connectivity index (χ3v) is 5.27. The Morgan fingerprint density at radius 1 is 1.03 bits per heavy atom. The van der Waals surface area contributed by atoms with Crippen LogP contribution < -0.4 is 10.1 Å². The van der Waals surface area contributed by atoms with Crippen molar-refractivity contribution in [1.82, 2.24) is 9.97 Å². The van der Waals surface area contributed by atoms with Gasteiger partial charge in [-0.05, 0) is 37.3 Å². The minimum atomic E-state index is -1.11. The van der Waals surface area contributed by atoms with Gasteiger partial charge in [0.15, 0.2) is 0 Å². The van der Waals surface area contributed by atoms with E-state index in [1.54, 1.807) is 42.6 Å². The lowest BCUT2D eigenvalue weighted by molar-refractivity contribution is 0.0695. The number of halogens is 2. The lowest BCUT2D eigenvalue weighted by Gasteiger charge is -2.14. The van der Waals surface area contributed by atoms with E-state index in [4.69, 9.17) is 27.9 Å². The van der Waals surface area contributed by atoms with Gasteiger partial charge < -0.3 is 15.2 Å². The molecule has 0 fully saturated rings. The molecule has 7 nitrogen and oxygen atoms in total. The molecule has 4 aromatic rings. The second kappa shape index (κ2) is 8.82. The lowest BCUT2D eigenvalue weighted by Crippen LogP contribution is -2.13. The smallest absolute Gasteiger partial charge is 0.337 e. The normalized spacial score (nSPS) is 10.7. The van der Waals surface area contributed by atoms with Gasteiger partial charge in [-0.15, -0.1) is 0 Å². The van der Waals surface area contributed by atoms with E-state index >= 15 is 0 Å². The Kier molecular flexibility index (Phi) is 5.94. The van der Waals surface area contributed by atoms with Gasteiger partial charge in [-0.1, -0.05) is 35.3 Å². The maximum Gasteiger partial charge on any atom is 0.337 e. The summed E-state index contributed by atoms with van der Waals surface area (Å²) >= 11 is 12.3. The fourth-order valence-corrected chi connectivity index (χ4v) is 3.71. The number of para-hydroxylation sites is 1. The molecule has 160 valence electrons. The molecule has 0 bridgehead atoms. The van der Waals surface area contributed by atoms with Crippen molar-refractivity contribution in [3.63, 3.8) is 0 Å². The molecule has 2 aromatic carbocycles. The molecule has 0 atom stereocenters. The van der Waals surface area contributed by atoms with E-state index in [0.717, 1.165) is 5.56 Å².